The van der Waals surface area contributed by atoms with E-state index in [0.717, 1.165) is 19.3 Å². The maximum absolute atomic E-state index is 10.0. The maximum Gasteiger partial charge on any atom is 0.0647 e. The van der Waals surface area contributed by atoms with Gasteiger partial charge in [0.1, 0.15) is 0 Å². The van der Waals surface area contributed by atoms with E-state index in [4.69, 9.17) is 0 Å². The second-order valence-corrected chi connectivity index (χ2v) is 3.89. The summed E-state index contributed by atoms with van der Waals surface area (Å²) in [5.41, 5.74) is -0.270. The minimum Gasteiger partial charge on any atom is -0.390 e. The molecule has 94 valence electrons. The molecular formula is C13H32OSn. The molecule has 0 aromatic heterocycles. The zero-order chi connectivity index (χ0) is 8.16. The van der Waals surface area contributed by atoms with E-state index in [9.17, 15) is 5.11 Å². The molecule has 15 heavy (non-hydrogen) atoms. The van der Waals surface area contributed by atoms with Gasteiger partial charge < -0.3 is 5.11 Å². The van der Waals surface area contributed by atoms with Gasteiger partial charge >= 0.3 is 0 Å². The van der Waals surface area contributed by atoms with Gasteiger partial charge in [-0.25, -0.2) is 0 Å². The second-order valence-electron chi connectivity index (χ2n) is 3.89. The van der Waals surface area contributed by atoms with Gasteiger partial charge in [-0.15, -0.1) is 0 Å². The molecule has 1 N–H and O–H groups in total. The van der Waals surface area contributed by atoms with Crippen LogP contribution in [0.2, 0.25) is 0 Å². The molecule has 2 heteroatoms. The first kappa shape index (κ1) is 24.8. The molecule has 0 bridgehead atoms. The third-order valence-electron chi connectivity index (χ3n) is 2.78. The van der Waals surface area contributed by atoms with Gasteiger partial charge in [-0.1, -0.05) is 61.3 Å². The Labute approximate surface area is 115 Å². The molecule has 0 unspecified atom stereocenters. The van der Waals surface area contributed by atoms with Gasteiger partial charge in [-0.05, 0) is 19.3 Å². The van der Waals surface area contributed by atoms with E-state index in [1.54, 1.807) is 0 Å². The van der Waals surface area contributed by atoms with Crippen LogP contribution in [-0.2, 0) is 0 Å². The Hall–Kier alpha value is 0.759. The van der Waals surface area contributed by atoms with Crippen molar-refractivity contribution >= 4 is 23.9 Å². The Morgan fingerprint density at radius 1 is 1.00 bits per heavy atom. The fourth-order valence-corrected chi connectivity index (χ4v) is 1.97. The van der Waals surface area contributed by atoms with Gasteiger partial charge in [0.05, 0.1) is 5.60 Å². The van der Waals surface area contributed by atoms with Gasteiger partial charge in [-0.2, -0.15) is 0 Å². The summed E-state index contributed by atoms with van der Waals surface area (Å²) in [7, 11) is 0. The van der Waals surface area contributed by atoms with E-state index in [-0.39, 0.29) is 51.8 Å². The summed E-state index contributed by atoms with van der Waals surface area (Å²) in [6, 6.07) is 0. The topological polar surface area (TPSA) is 20.2 Å². The molecule has 1 fully saturated rings. The van der Waals surface area contributed by atoms with Crippen LogP contribution < -0.4 is 0 Å². The first-order valence-electron chi connectivity index (χ1n) is 4.99. The first-order chi connectivity index (χ1) is 5.27. The molecule has 1 nitrogen and oxygen atoms in total. The van der Waals surface area contributed by atoms with Crippen LogP contribution in [-0.4, -0.2) is 34.6 Å². The summed E-state index contributed by atoms with van der Waals surface area (Å²) >= 11 is 0. The fraction of sp³-hybridized carbons (Fsp3) is 1.00. The van der Waals surface area contributed by atoms with Crippen LogP contribution >= 0.6 is 0 Å². The minimum atomic E-state index is -0.270. The van der Waals surface area contributed by atoms with Gasteiger partial charge in [0.15, 0.2) is 0 Å². The molecule has 4 radical (unpaired) electrons. The van der Waals surface area contributed by atoms with Crippen LogP contribution in [0.3, 0.4) is 0 Å². The van der Waals surface area contributed by atoms with Gasteiger partial charge in [0.2, 0.25) is 0 Å². The van der Waals surface area contributed by atoms with Crippen molar-refractivity contribution in [1.29, 1.82) is 0 Å². The summed E-state index contributed by atoms with van der Waals surface area (Å²) in [4.78, 5) is 0. The Balaban J connectivity index is -0.000000151. The Morgan fingerprint density at radius 3 is 1.87 bits per heavy atom. The molecule has 0 amide bonds. The van der Waals surface area contributed by atoms with Crippen molar-refractivity contribution in [3.63, 3.8) is 0 Å². The van der Waals surface area contributed by atoms with Crippen LogP contribution in [0.15, 0.2) is 0 Å². The van der Waals surface area contributed by atoms with Crippen LogP contribution in [0.5, 0.6) is 0 Å². The van der Waals surface area contributed by atoms with E-state index in [1.807, 2.05) is 0 Å². The van der Waals surface area contributed by atoms with Crippen molar-refractivity contribution < 1.29 is 5.11 Å². The molecular weight excluding hydrogens is 291 g/mol. The predicted octanol–water partition coefficient (Wildman–Crippen LogP) is 4.40. The third-order valence-corrected chi connectivity index (χ3v) is 2.78. The quantitative estimate of drug-likeness (QED) is 0.763. The predicted molar refractivity (Wildman–Crippen MR) is 73.5 cm³/mol. The average Bonchev–Trinajstić information content (AvgIpc) is 2.03. The first-order valence-corrected chi connectivity index (χ1v) is 4.99. The van der Waals surface area contributed by atoms with Crippen molar-refractivity contribution in [3.8, 4) is 0 Å². The summed E-state index contributed by atoms with van der Waals surface area (Å²) in [5.74, 6) is 0. The number of rotatable bonds is 3. The van der Waals surface area contributed by atoms with Crippen LogP contribution in [0.1, 0.15) is 80.6 Å². The molecule has 0 aromatic carbocycles. The third kappa shape index (κ3) is 9.67. The van der Waals surface area contributed by atoms with E-state index >= 15 is 0 Å². The van der Waals surface area contributed by atoms with Crippen molar-refractivity contribution in [2.75, 3.05) is 0 Å². The smallest absolute Gasteiger partial charge is 0.0647 e. The normalized spacial score (nSPS) is 17.2. The summed E-state index contributed by atoms with van der Waals surface area (Å²) < 4.78 is 0. The zero-order valence-electron chi connectivity index (χ0n) is 8.10. The standard InChI is InChI=1S/C10H20O.3CH4.Sn/c1-2-3-7-10(11)8-5-4-6-9-10;;;;/h11H,2-9H2,1H3;3*1H4;. The van der Waals surface area contributed by atoms with Gasteiger partial charge in [-0.3, -0.25) is 0 Å². The van der Waals surface area contributed by atoms with Gasteiger partial charge in [0.25, 0.3) is 0 Å². The molecule has 0 aliphatic heterocycles. The molecule has 0 aromatic rings. The van der Waals surface area contributed by atoms with Crippen LogP contribution in [0.25, 0.3) is 0 Å². The number of hydrogen-bond donors (Lipinski definition) is 1. The minimum absolute atomic E-state index is 0. The monoisotopic (exact) mass is 324 g/mol. The Morgan fingerprint density at radius 2 is 1.47 bits per heavy atom. The Kier molecular flexibility index (Phi) is 21.2. The summed E-state index contributed by atoms with van der Waals surface area (Å²) in [6.07, 6.45) is 9.33. The Bertz CT molecular complexity index is 109. The SMILES string of the molecule is C.C.C.CCCCC1(O)CCCCC1.[Sn]. The van der Waals surface area contributed by atoms with E-state index < -0.39 is 0 Å². The molecule has 1 rings (SSSR count). The fourth-order valence-electron chi connectivity index (χ4n) is 1.97. The second kappa shape index (κ2) is 12.8. The van der Waals surface area contributed by atoms with Crippen molar-refractivity contribution in [2.24, 2.45) is 0 Å². The molecule has 1 aliphatic rings. The molecule has 0 atom stereocenters. The maximum atomic E-state index is 10.0. The van der Waals surface area contributed by atoms with E-state index in [2.05, 4.69) is 6.92 Å². The van der Waals surface area contributed by atoms with E-state index in [0.29, 0.717) is 0 Å². The van der Waals surface area contributed by atoms with Crippen molar-refractivity contribution in [2.45, 2.75) is 86.2 Å². The van der Waals surface area contributed by atoms with Crippen molar-refractivity contribution in [1.82, 2.24) is 0 Å². The number of hydrogen-bond acceptors (Lipinski definition) is 1. The van der Waals surface area contributed by atoms with Crippen molar-refractivity contribution in [3.05, 3.63) is 0 Å². The average molecular weight is 323 g/mol. The number of unbranched alkanes of at least 4 members (excludes halogenated alkanes) is 1. The molecule has 0 saturated heterocycles. The zero-order valence-corrected chi connectivity index (χ0v) is 11.0. The summed E-state index contributed by atoms with van der Waals surface area (Å²) in [5, 5.41) is 10.0. The number of aliphatic hydroxyl groups is 1. The summed E-state index contributed by atoms with van der Waals surface area (Å²) in [6.45, 7) is 2.19. The van der Waals surface area contributed by atoms with Crippen LogP contribution in [0.4, 0.5) is 0 Å². The largest absolute Gasteiger partial charge is 0.390 e. The molecule has 0 heterocycles. The molecule has 1 aliphatic carbocycles. The molecule has 0 spiro atoms. The van der Waals surface area contributed by atoms with E-state index in [1.165, 1.54) is 32.1 Å². The van der Waals surface area contributed by atoms with Crippen LogP contribution in [0, 0.1) is 0 Å². The van der Waals surface area contributed by atoms with Gasteiger partial charge in [0, 0.05) is 23.9 Å². The molecule has 1 saturated carbocycles.